The quantitative estimate of drug-likeness (QED) is 0.745. The van der Waals surface area contributed by atoms with Crippen molar-refractivity contribution in [2.75, 3.05) is 27.2 Å². The fourth-order valence-corrected chi connectivity index (χ4v) is 1.50. The minimum Gasteiger partial charge on any atom is -0.313 e. The summed E-state index contributed by atoms with van der Waals surface area (Å²) < 4.78 is 13.2. The Kier molecular flexibility index (Phi) is 5.43. The predicted octanol–water partition coefficient (Wildman–Crippen LogP) is 2.18. The average Bonchev–Trinajstić information content (AvgIpc) is 2.22. The number of nitrogens with one attached hydrogen (secondary N) is 1. The Hall–Kier alpha value is -0.930. The van der Waals surface area contributed by atoms with E-state index in [2.05, 4.69) is 24.3 Å². The Morgan fingerprint density at radius 2 is 2.06 bits per heavy atom. The zero-order valence-corrected chi connectivity index (χ0v) is 10.4. The first kappa shape index (κ1) is 13.1. The molecule has 0 spiro atoms. The van der Waals surface area contributed by atoms with Crippen LogP contribution in [0.25, 0.3) is 0 Å². The molecule has 3 heteroatoms. The van der Waals surface area contributed by atoms with E-state index in [1.165, 1.54) is 0 Å². The first-order valence-electron chi connectivity index (χ1n) is 5.70. The molecule has 0 radical (unpaired) electrons. The maximum Gasteiger partial charge on any atom is 0.126 e. The minimum absolute atomic E-state index is 0.118. The van der Waals surface area contributed by atoms with Crippen molar-refractivity contribution in [1.82, 2.24) is 10.2 Å². The summed E-state index contributed by atoms with van der Waals surface area (Å²) in [7, 11) is 4.13. The summed E-state index contributed by atoms with van der Waals surface area (Å²) in [5.41, 5.74) is 1.71. The standard InChI is InChI=1S/C13H21FN2/c1-11-5-6-12(9-13(11)14)10-15-7-4-8-16(2)3/h5-6,9,15H,4,7-8,10H2,1-3H3. The Morgan fingerprint density at radius 1 is 1.31 bits per heavy atom. The normalized spacial score (nSPS) is 11.1. The van der Waals surface area contributed by atoms with Crippen molar-refractivity contribution in [2.45, 2.75) is 19.9 Å². The third-order valence-corrected chi connectivity index (χ3v) is 2.52. The van der Waals surface area contributed by atoms with Gasteiger partial charge in [-0.3, -0.25) is 0 Å². The van der Waals surface area contributed by atoms with Crippen molar-refractivity contribution in [3.63, 3.8) is 0 Å². The molecule has 16 heavy (non-hydrogen) atoms. The molecule has 0 atom stereocenters. The summed E-state index contributed by atoms with van der Waals surface area (Å²) in [6.07, 6.45) is 1.11. The van der Waals surface area contributed by atoms with Gasteiger partial charge in [0.2, 0.25) is 0 Å². The molecule has 0 fully saturated rings. The van der Waals surface area contributed by atoms with Crippen LogP contribution in [0.1, 0.15) is 17.5 Å². The highest BCUT2D eigenvalue weighted by Gasteiger charge is 1.98. The number of nitrogens with zero attached hydrogens (tertiary/aromatic N) is 1. The Labute approximate surface area is 97.5 Å². The molecular formula is C13H21FN2. The molecule has 0 amide bonds. The molecule has 1 N–H and O–H groups in total. The van der Waals surface area contributed by atoms with Gasteiger partial charge in [0.25, 0.3) is 0 Å². The lowest BCUT2D eigenvalue weighted by molar-refractivity contribution is 0.394. The lowest BCUT2D eigenvalue weighted by Crippen LogP contribution is -2.21. The summed E-state index contributed by atoms with van der Waals surface area (Å²) in [6, 6.07) is 5.40. The summed E-state index contributed by atoms with van der Waals surface area (Å²) in [5, 5.41) is 3.31. The van der Waals surface area contributed by atoms with E-state index in [4.69, 9.17) is 0 Å². The first-order valence-corrected chi connectivity index (χ1v) is 5.70. The molecule has 0 saturated carbocycles. The second kappa shape index (κ2) is 6.61. The first-order chi connectivity index (χ1) is 7.59. The van der Waals surface area contributed by atoms with Crippen molar-refractivity contribution in [1.29, 1.82) is 0 Å². The van der Waals surface area contributed by atoms with Crippen LogP contribution in [0.5, 0.6) is 0 Å². The van der Waals surface area contributed by atoms with E-state index >= 15 is 0 Å². The zero-order chi connectivity index (χ0) is 12.0. The number of halogens is 1. The molecule has 1 rings (SSSR count). The van der Waals surface area contributed by atoms with Gasteiger partial charge in [0, 0.05) is 6.54 Å². The van der Waals surface area contributed by atoms with Gasteiger partial charge in [-0.15, -0.1) is 0 Å². The molecule has 90 valence electrons. The van der Waals surface area contributed by atoms with Crippen LogP contribution >= 0.6 is 0 Å². The highest BCUT2D eigenvalue weighted by Crippen LogP contribution is 2.08. The summed E-state index contributed by atoms with van der Waals surface area (Å²) >= 11 is 0. The van der Waals surface area contributed by atoms with E-state index < -0.39 is 0 Å². The van der Waals surface area contributed by atoms with Gasteiger partial charge < -0.3 is 10.2 Å². The maximum atomic E-state index is 13.2. The van der Waals surface area contributed by atoms with Crippen LogP contribution in [0.15, 0.2) is 18.2 Å². The van der Waals surface area contributed by atoms with Crippen molar-refractivity contribution >= 4 is 0 Å². The zero-order valence-electron chi connectivity index (χ0n) is 10.4. The van der Waals surface area contributed by atoms with Crippen LogP contribution < -0.4 is 5.32 Å². The molecule has 0 heterocycles. The second-order valence-corrected chi connectivity index (χ2v) is 4.42. The van der Waals surface area contributed by atoms with Gasteiger partial charge in [-0.25, -0.2) is 4.39 Å². The molecule has 0 aliphatic carbocycles. The maximum absolute atomic E-state index is 13.2. The molecule has 0 aliphatic heterocycles. The SMILES string of the molecule is Cc1ccc(CNCCCN(C)C)cc1F. The number of benzene rings is 1. The molecule has 0 aromatic heterocycles. The number of hydrogen-bond acceptors (Lipinski definition) is 2. The van der Waals surface area contributed by atoms with E-state index in [1.54, 1.807) is 13.0 Å². The van der Waals surface area contributed by atoms with Gasteiger partial charge in [-0.05, 0) is 57.7 Å². The average molecular weight is 224 g/mol. The summed E-state index contributed by atoms with van der Waals surface area (Å²) in [6.45, 7) is 4.57. The van der Waals surface area contributed by atoms with E-state index in [-0.39, 0.29) is 5.82 Å². The van der Waals surface area contributed by atoms with E-state index in [0.29, 0.717) is 5.56 Å². The Morgan fingerprint density at radius 3 is 2.69 bits per heavy atom. The minimum atomic E-state index is -0.118. The molecule has 2 nitrogen and oxygen atoms in total. The topological polar surface area (TPSA) is 15.3 Å². The van der Waals surface area contributed by atoms with Crippen molar-refractivity contribution < 1.29 is 4.39 Å². The van der Waals surface area contributed by atoms with Crippen molar-refractivity contribution in [3.8, 4) is 0 Å². The van der Waals surface area contributed by atoms with Crippen LogP contribution in [-0.2, 0) is 6.54 Å². The summed E-state index contributed by atoms with van der Waals surface area (Å²) in [5.74, 6) is -0.118. The van der Waals surface area contributed by atoms with Crippen molar-refractivity contribution in [2.24, 2.45) is 0 Å². The van der Waals surface area contributed by atoms with Gasteiger partial charge >= 0.3 is 0 Å². The third-order valence-electron chi connectivity index (χ3n) is 2.52. The van der Waals surface area contributed by atoms with Crippen molar-refractivity contribution in [3.05, 3.63) is 35.1 Å². The lowest BCUT2D eigenvalue weighted by atomic mass is 10.1. The molecule has 0 saturated heterocycles. The summed E-state index contributed by atoms with van der Waals surface area (Å²) in [4.78, 5) is 2.16. The van der Waals surface area contributed by atoms with Crippen LogP contribution in [-0.4, -0.2) is 32.1 Å². The highest BCUT2D eigenvalue weighted by molar-refractivity contribution is 5.23. The lowest BCUT2D eigenvalue weighted by Gasteiger charge is -2.10. The van der Waals surface area contributed by atoms with Crippen LogP contribution in [0.2, 0.25) is 0 Å². The largest absolute Gasteiger partial charge is 0.313 e. The van der Waals surface area contributed by atoms with Gasteiger partial charge in [-0.2, -0.15) is 0 Å². The van der Waals surface area contributed by atoms with E-state index in [0.717, 1.165) is 31.6 Å². The molecule has 0 bridgehead atoms. The highest BCUT2D eigenvalue weighted by atomic mass is 19.1. The molecular weight excluding hydrogens is 203 g/mol. The van der Waals surface area contributed by atoms with Crippen LogP contribution in [0, 0.1) is 12.7 Å². The van der Waals surface area contributed by atoms with Gasteiger partial charge in [-0.1, -0.05) is 12.1 Å². The van der Waals surface area contributed by atoms with Crippen LogP contribution in [0.4, 0.5) is 4.39 Å². The fraction of sp³-hybridized carbons (Fsp3) is 0.538. The number of rotatable bonds is 6. The van der Waals surface area contributed by atoms with Gasteiger partial charge in [0.1, 0.15) is 5.82 Å². The smallest absolute Gasteiger partial charge is 0.126 e. The number of aryl methyl sites for hydroxylation is 1. The van der Waals surface area contributed by atoms with Gasteiger partial charge in [0.15, 0.2) is 0 Å². The fourth-order valence-electron chi connectivity index (χ4n) is 1.50. The second-order valence-electron chi connectivity index (χ2n) is 4.42. The van der Waals surface area contributed by atoms with E-state index in [9.17, 15) is 4.39 Å². The molecule has 0 aliphatic rings. The molecule has 1 aromatic rings. The Balaban J connectivity index is 2.24. The number of hydrogen-bond donors (Lipinski definition) is 1. The van der Waals surface area contributed by atoms with Gasteiger partial charge in [0.05, 0.1) is 0 Å². The third kappa shape index (κ3) is 4.73. The molecule has 0 unspecified atom stereocenters. The molecule has 1 aromatic carbocycles. The Bertz CT molecular complexity index is 324. The van der Waals surface area contributed by atoms with Crippen LogP contribution in [0.3, 0.4) is 0 Å². The van der Waals surface area contributed by atoms with E-state index in [1.807, 2.05) is 12.1 Å². The predicted molar refractivity (Wildman–Crippen MR) is 66.0 cm³/mol. The monoisotopic (exact) mass is 224 g/mol.